The van der Waals surface area contributed by atoms with E-state index in [0.29, 0.717) is 74.7 Å². The van der Waals surface area contributed by atoms with Crippen LogP contribution in [0.2, 0.25) is 0 Å². The molecule has 0 saturated carbocycles. The predicted molar refractivity (Wildman–Crippen MR) is 135 cm³/mol. The normalized spacial score (nSPS) is 13.3. The monoisotopic (exact) mass is 493 g/mol. The lowest BCUT2D eigenvalue weighted by molar-refractivity contribution is -0.121. The highest BCUT2D eigenvalue weighted by molar-refractivity contribution is 5.76. The highest BCUT2D eigenvalue weighted by Crippen LogP contribution is 2.23. The minimum atomic E-state index is -0.206. The molecule has 1 aromatic carbocycles. The number of aryl methyl sites for hydroxylation is 1. The average Bonchev–Trinajstić information content (AvgIpc) is 2.89. The third kappa shape index (κ3) is 6.82. The van der Waals surface area contributed by atoms with E-state index in [4.69, 9.17) is 14.2 Å². The summed E-state index contributed by atoms with van der Waals surface area (Å²) in [6, 6.07) is 10.9. The smallest absolute Gasteiger partial charge is 0.255 e. The second-order valence-corrected chi connectivity index (χ2v) is 8.34. The number of carbonyl (C=O) groups excluding carboxylic acids is 1. The molecular weight excluding hydrogens is 462 g/mol. The highest BCUT2D eigenvalue weighted by atomic mass is 16.5. The first-order valence-corrected chi connectivity index (χ1v) is 12.1. The molecule has 1 fully saturated rings. The molecule has 10 heteroatoms. The number of hydrogen-bond acceptors (Lipinski definition) is 8. The quantitative estimate of drug-likeness (QED) is 0.443. The topological polar surface area (TPSA) is 119 Å². The van der Waals surface area contributed by atoms with Crippen molar-refractivity contribution >= 4 is 11.9 Å². The van der Waals surface area contributed by atoms with Gasteiger partial charge >= 0.3 is 0 Å². The van der Waals surface area contributed by atoms with E-state index >= 15 is 0 Å². The molecule has 36 heavy (non-hydrogen) atoms. The van der Waals surface area contributed by atoms with E-state index < -0.39 is 0 Å². The minimum Gasteiger partial charge on any atom is -0.494 e. The van der Waals surface area contributed by atoms with Crippen LogP contribution in [0.5, 0.6) is 17.4 Å². The summed E-state index contributed by atoms with van der Waals surface area (Å²) in [6.45, 7) is 7.25. The van der Waals surface area contributed by atoms with E-state index in [1.54, 1.807) is 19.2 Å². The molecule has 0 atom stereocenters. The van der Waals surface area contributed by atoms with Gasteiger partial charge in [0.1, 0.15) is 11.5 Å². The Balaban J connectivity index is 1.28. The molecule has 2 N–H and O–H groups in total. The lowest BCUT2D eigenvalue weighted by Gasteiger charge is -2.27. The molecule has 0 spiro atoms. The molecule has 190 valence electrons. The number of nitrogens with zero attached hydrogens (tertiary/aromatic N) is 3. The third-order valence-corrected chi connectivity index (χ3v) is 5.77. The van der Waals surface area contributed by atoms with Crippen LogP contribution in [-0.2, 0) is 22.5 Å². The number of morpholine rings is 1. The van der Waals surface area contributed by atoms with Crippen LogP contribution < -0.4 is 25.2 Å². The van der Waals surface area contributed by atoms with Crippen molar-refractivity contribution < 1.29 is 19.0 Å². The fourth-order valence-electron chi connectivity index (χ4n) is 3.85. The fraction of sp³-hybridized carbons (Fsp3) is 0.385. The number of H-pyrrole nitrogens is 1. The van der Waals surface area contributed by atoms with Gasteiger partial charge in [0, 0.05) is 49.6 Å². The number of ether oxygens (including phenoxy) is 3. The first kappa shape index (κ1) is 25.2. The Morgan fingerprint density at radius 2 is 1.92 bits per heavy atom. The first-order valence-electron chi connectivity index (χ1n) is 12.1. The number of aromatic amines is 1. The molecule has 10 nitrogen and oxygen atoms in total. The summed E-state index contributed by atoms with van der Waals surface area (Å²) in [7, 11) is 0. The van der Waals surface area contributed by atoms with E-state index in [1.807, 2.05) is 42.2 Å². The number of benzene rings is 1. The van der Waals surface area contributed by atoms with Crippen LogP contribution in [-0.4, -0.2) is 53.8 Å². The molecule has 4 rings (SSSR count). The van der Waals surface area contributed by atoms with E-state index in [-0.39, 0.29) is 17.9 Å². The van der Waals surface area contributed by atoms with Crippen molar-refractivity contribution in [2.45, 2.75) is 33.2 Å². The highest BCUT2D eigenvalue weighted by Gasteiger charge is 2.17. The van der Waals surface area contributed by atoms with Crippen LogP contribution in [0.15, 0.2) is 47.4 Å². The molecule has 0 radical (unpaired) electrons. The Morgan fingerprint density at radius 1 is 1.17 bits per heavy atom. The van der Waals surface area contributed by atoms with Crippen LogP contribution in [0.3, 0.4) is 0 Å². The van der Waals surface area contributed by atoms with Gasteiger partial charge in [-0.05, 0) is 56.2 Å². The largest absolute Gasteiger partial charge is 0.494 e. The summed E-state index contributed by atoms with van der Waals surface area (Å²) in [4.78, 5) is 38.7. The lowest BCUT2D eigenvalue weighted by atomic mass is 10.1. The van der Waals surface area contributed by atoms with Crippen molar-refractivity contribution in [2.24, 2.45) is 0 Å². The maximum atomic E-state index is 12.6. The van der Waals surface area contributed by atoms with Gasteiger partial charge < -0.3 is 24.4 Å². The number of rotatable bonds is 10. The summed E-state index contributed by atoms with van der Waals surface area (Å²) >= 11 is 0. The predicted octanol–water partition coefficient (Wildman–Crippen LogP) is 2.75. The number of carbonyl (C=O) groups is 1. The van der Waals surface area contributed by atoms with Crippen molar-refractivity contribution in [1.29, 1.82) is 0 Å². The lowest BCUT2D eigenvalue weighted by Crippen LogP contribution is -2.38. The van der Waals surface area contributed by atoms with Gasteiger partial charge in [0.2, 0.25) is 17.7 Å². The Morgan fingerprint density at radius 3 is 2.64 bits per heavy atom. The molecule has 1 saturated heterocycles. The van der Waals surface area contributed by atoms with Gasteiger partial charge in [-0.25, -0.2) is 9.97 Å². The van der Waals surface area contributed by atoms with Crippen molar-refractivity contribution in [3.8, 4) is 17.4 Å². The van der Waals surface area contributed by atoms with Gasteiger partial charge in [-0.1, -0.05) is 0 Å². The molecule has 1 aliphatic rings. The second-order valence-electron chi connectivity index (χ2n) is 8.34. The van der Waals surface area contributed by atoms with E-state index in [9.17, 15) is 9.59 Å². The Labute approximate surface area is 209 Å². The van der Waals surface area contributed by atoms with E-state index in [2.05, 4.69) is 20.3 Å². The summed E-state index contributed by atoms with van der Waals surface area (Å²) < 4.78 is 16.6. The van der Waals surface area contributed by atoms with Gasteiger partial charge in [-0.15, -0.1) is 0 Å². The van der Waals surface area contributed by atoms with E-state index in [0.717, 1.165) is 11.3 Å². The maximum Gasteiger partial charge on any atom is 0.255 e. The Hall–Kier alpha value is -3.92. The number of amides is 1. The first-order chi connectivity index (χ1) is 17.5. The Bertz CT molecular complexity index is 1220. The SMILES string of the molecule is CCOc1ccc(Oc2cc(CNC(=O)CCc3c(C)nc(N4CCOCC4)[nH]c3=O)ccn2)cc1. The summed E-state index contributed by atoms with van der Waals surface area (Å²) in [5.41, 5.74) is 1.81. The summed E-state index contributed by atoms with van der Waals surface area (Å²) in [5, 5.41) is 2.89. The van der Waals surface area contributed by atoms with Gasteiger partial charge in [0.15, 0.2) is 0 Å². The third-order valence-electron chi connectivity index (χ3n) is 5.77. The number of anilines is 1. The zero-order valence-corrected chi connectivity index (χ0v) is 20.6. The second kappa shape index (κ2) is 12.2. The molecule has 0 unspecified atom stereocenters. The molecule has 1 aliphatic heterocycles. The molecule has 0 aliphatic carbocycles. The van der Waals surface area contributed by atoms with Crippen LogP contribution in [0, 0.1) is 6.92 Å². The minimum absolute atomic E-state index is 0.156. The molecule has 0 bridgehead atoms. The summed E-state index contributed by atoms with van der Waals surface area (Å²) in [5.74, 6) is 2.24. The number of aromatic nitrogens is 3. The summed E-state index contributed by atoms with van der Waals surface area (Å²) in [6.07, 6.45) is 2.13. The van der Waals surface area contributed by atoms with E-state index in [1.165, 1.54) is 0 Å². The van der Waals surface area contributed by atoms with Crippen LogP contribution in [0.1, 0.15) is 30.2 Å². The van der Waals surface area contributed by atoms with Gasteiger partial charge in [-0.3, -0.25) is 14.6 Å². The molecule has 1 amide bonds. The zero-order valence-electron chi connectivity index (χ0n) is 20.6. The molecular formula is C26H31N5O5. The maximum absolute atomic E-state index is 12.6. The van der Waals surface area contributed by atoms with Crippen molar-refractivity contribution in [2.75, 3.05) is 37.8 Å². The van der Waals surface area contributed by atoms with Crippen molar-refractivity contribution in [1.82, 2.24) is 20.3 Å². The Kier molecular flexibility index (Phi) is 8.51. The molecule has 2 aromatic heterocycles. The number of nitrogens with one attached hydrogen (secondary N) is 2. The fourth-order valence-corrected chi connectivity index (χ4v) is 3.85. The van der Waals surface area contributed by atoms with Crippen LogP contribution in [0.4, 0.5) is 5.95 Å². The number of hydrogen-bond donors (Lipinski definition) is 2. The van der Waals surface area contributed by atoms with Crippen LogP contribution >= 0.6 is 0 Å². The van der Waals surface area contributed by atoms with Crippen molar-refractivity contribution in [3.63, 3.8) is 0 Å². The van der Waals surface area contributed by atoms with Crippen LogP contribution in [0.25, 0.3) is 0 Å². The van der Waals surface area contributed by atoms with Gasteiger partial charge in [0.05, 0.1) is 19.8 Å². The molecule has 3 heterocycles. The van der Waals surface area contributed by atoms with Crippen molar-refractivity contribution in [3.05, 3.63) is 69.8 Å². The van der Waals surface area contributed by atoms with Gasteiger partial charge in [-0.2, -0.15) is 0 Å². The molecule has 3 aromatic rings. The zero-order chi connectivity index (χ0) is 25.3. The standard InChI is InChI=1S/C26H31N5O5/c1-3-35-20-4-6-21(7-5-20)36-24-16-19(10-11-27-24)17-28-23(32)9-8-22-18(2)29-26(30-25(22)33)31-12-14-34-15-13-31/h4-7,10-11,16H,3,8-9,12-15,17H2,1-2H3,(H,28,32)(H,29,30,33). The average molecular weight is 494 g/mol. The van der Waals surface area contributed by atoms with Gasteiger partial charge in [0.25, 0.3) is 5.56 Å². The number of pyridine rings is 1.